The zero-order valence-electron chi connectivity index (χ0n) is 9.07. The minimum absolute atomic E-state index is 0.252. The monoisotopic (exact) mass is 225 g/mol. The second-order valence-electron chi connectivity index (χ2n) is 2.84. The molecule has 0 unspecified atom stereocenters. The van der Waals surface area contributed by atoms with Crippen molar-refractivity contribution in [1.82, 2.24) is 4.98 Å². The first kappa shape index (κ1) is 12.2. The maximum atomic E-state index is 12.9. The first-order valence-corrected chi connectivity index (χ1v) is 4.71. The Morgan fingerprint density at radius 1 is 1.62 bits per heavy atom. The summed E-state index contributed by atoms with van der Waals surface area (Å²) in [5.74, 6) is -0.736. The smallest absolute Gasteiger partial charge is 0.330 e. The minimum Gasteiger partial charge on any atom is -0.481 e. The van der Waals surface area contributed by atoms with E-state index < -0.39 is 11.8 Å². The molecule has 0 spiro atoms. The van der Waals surface area contributed by atoms with Gasteiger partial charge in [-0.1, -0.05) is 0 Å². The normalized spacial score (nSPS) is 10.4. The van der Waals surface area contributed by atoms with Crippen molar-refractivity contribution < 1.29 is 18.7 Å². The largest absolute Gasteiger partial charge is 0.481 e. The average Bonchev–Trinajstić information content (AvgIpc) is 2.27. The van der Waals surface area contributed by atoms with Crippen molar-refractivity contribution in [2.45, 2.75) is 6.92 Å². The zero-order chi connectivity index (χ0) is 12.0. The molecule has 0 saturated carbocycles. The number of aromatic nitrogens is 1. The molecule has 0 bridgehead atoms. The lowest BCUT2D eigenvalue weighted by atomic mass is 10.2. The molecule has 0 saturated heterocycles. The van der Waals surface area contributed by atoms with E-state index >= 15 is 0 Å². The molecular weight excluding hydrogens is 213 g/mol. The Bertz CT molecular complexity index is 404. The summed E-state index contributed by atoms with van der Waals surface area (Å²) in [5, 5.41) is 0. The number of pyridine rings is 1. The van der Waals surface area contributed by atoms with Crippen LogP contribution in [-0.4, -0.2) is 24.7 Å². The first-order valence-electron chi connectivity index (χ1n) is 4.71. The zero-order valence-corrected chi connectivity index (χ0v) is 9.07. The van der Waals surface area contributed by atoms with Crippen molar-refractivity contribution in [2.24, 2.45) is 0 Å². The van der Waals surface area contributed by atoms with Crippen LogP contribution in [0.1, 0.15) is 12.5 Å². The molecule has 0 aliphatic carbocycles. The predicted molar refractivity (Wildman–Crippen MR) is 56.4 cm³/mol. The quantitative estimate of drug-likeness (QED) is 0.579. The number of methoxy groups -OCH3 is 1. The summed E-state index contributed by atoms with van der Waals surface area (Å²) in [4.78, 5) is 14.8. The lowest BCUT2D eigenvalue weighted by Gasteiger charge is -2.02. The molecule has 0 aromatic carbocycles. The number of carbonyl (C=O) groups is 1. The first-order chi connectivity index (χ1) is 7.67. The van der Waals surface area contributed by atoms with E-state index in [9.17, 15) is 9.18 Å². The van der Waals surface area contributed by atoms with E-state index in [1.165, 1.54) is 25.3 Å². The number of esters is 1. The summed E-state index contributed by atoms with van der Waals surface area (Å²) in [5.41, 5.74) is 0.385. The fourth-order valence-electron chi connectivity index (χ4n) is 1.08. The van der Waals surface area contributed by atoms with E-state index in [0.717, 1.165) is 6.20 Å². The Hall–Kier alpha value is -1.91. The van der Waals surface area contributed by atoms with Crippen LogP contribution in [0.3, 0.4) is 0 Å². The minimum atomic E-state index is -0.496. The highest BCUT2D eigenvalue weighted by atomic mass is 19.1. The molecular formula is C11H12FNO3. The van der Waals surface area contributed by atoms with Gasteiger partial charge in [-0.15, -0.1) is 0 Å². The number of carbonyl (C=O) groups excluding carboxylic acids is 1. The maximum Gasteiger partial charge on any atom is 0.330 e. The van der Waals surface area contributed by atoms with Crippen LogP contribution < -0.4 is 4.74 Å². The SMILES string of the molecule is CCOC(=O)C=Cc1cc(F)cnc1OC. The number of rotatable bonds is 4. The molecule has 0 amide bonds. The van der Waals surface area contributed by atoms with Gasteiger partial charge < -0.3 is 9.47 Å². The van der Waals surface area contributed by atoms with E-state index in [0.29, 0.717) is 12.2 Å². The van der Waals surface area contributed by atoms with Gasteiger partial charge in [0.05, 0.1) is 19.9 Å². The van der Waals surface area contributed by atoms with Gasteiger partial charge in [-0.05, 0) is 19.1 Å². The molecule has 16 heavy (non-hydrogen) atoms. The predicted octanol–water partition coefficient (Wildman–Crippen LogP) is 1.81. The Morgan fingerprint density at radius 3 is 3.00 bits per heavy atom. The van der Waals surface area contributed by atoms with Gasteiger partial charge in [-0.3, -0.25) is 0 Å². The Balaban J connectivity index is 2.86. The van der Waals surface area contributed by atoms with Crippen LogP contribution in [0.2, 0.25) is 0 Å². The highest BCUT2D eigenvalue weighted by Gasteiger charge is 2.03. The summed E-state index contributed by atoms with van der Waals surface area (Å²) < 4.78 is 22.5. The van der Waals surface area contributed by atoms with Gasteiger partial charge in [0.1, 0.15) is 5.82 Å². The van der Waals surface area contributed by atoms with E-state index in [1.807, 2.05) is 0 Å². The fraction of sp³-hybridized carbons (Fsp3) is 0.273. The Kier molecular flexibility index (Phi) is 4.44. The molecule has 86 valence electrons. The summed E-state index contributed by atoms with van der Waals surface area (Å²) in [6, 6.07) is 1.22. The van der Waals surface area contributed by atoms with Crippen molar-refractivity contribution in [2.75, 3.05) is 13.7 Å². The average molecular weight is 225 g/mol. The molecule has 0 radical (unpaired) electrons. The van der Waals surface area contributed by atoms with Gasteiger partial charge in [0.2, 0.25) is 5.88 Å². The fourth-order valence-corrected chi connectivity index (χ4v) is 1.08. The van der Waals surface area contributed by atoms with Crippen molar-refractivity contribution in [3.8, 4) is 5.88 Å². The Labute approximate surface area is 92.7 Å². The second kappa shape index (κ2) is 5.85. The van der Waals surface area contributed by atoms with Gasteiger partial charge in [-0.2, -0.15) is 0 Å². The molecule has 0 aliphatic rings. The van der Waals surface area contributed by atoms with E-state index in [4.69, 9.17) is 4.74 Å². The molecule has 5 heteroatoms. The molecule has 0 fully saturated rings. The number of hydrogen-bond acceptors (Lipinski definition) is 4. The van der Waals surface area contributed by atoms with E-state index in [2.05, 4.69) is 9.72 Å². The number of nitrogens with zero attached hydrogens (tertiary/aromatic N) is 1. The van der Waals surface area contributed by atoms with Crippen LogP contribution in [0, 0.1) is 5.82 Å². The molecule has 1 aromatic heterocycles. The van der Waals surface area contributed by atoms with Crippen LogP contribution in [0.25, 0.3) is 6.08 Å². The topological polar surface area (TPSA) is 48.4 Å². The molecule has 0 N–H and O–H groups in total. The molecule has 0 aliphatic heterocycles. The summed E-state index contributed by atoms with van der Waals surface area (Å²) in [6.07, 6.45) is 3.63. The van der Waals surface area contributed by atoms with Crippen molar-refractivity contribution >= 4 is 12.0 Å². The van der Waals surface area contributed by atoms with Crippen molar-refractivity contribution in [3.63, 3.8) is 0 Å². The van der Waals surface area contributed by atoms with Gasteiger partial charge in [-0.25, -0.2) is 14.2 Å². The van der Waals surface area contributed by atoms with Gasteiger partial charge >= 0.3 is 5.97 Å². The summed E-state index contributed by atoms with van der Waals surface area (Å²) in [6.45, 7) is 2.00. The lowest BCUT2D eigenvalue weighted by molar-refractivity contribution is -0.137. The highest BCUT2D eigenvalue weighted by molar-refractivity contribution is 5.87. The Morgan fingerprint density at radius 2 is 2.38 bits per heavy atom. The molecule has 1 rings (SSSR count). The highest BCUT2D eigenvalue weighted by Crippen LogP contribution is 2.17. The van der Waals surface area contributed by atoms with Crippen LogP contribution in [0.15, 0.2) is 18.3 Å². The molecule has 1 aromatic rings. The van der Waals surface area contributed by atoms with Gasteiger partial charge in [0.15, 0.2) is 0 Å². The number of hydrogen-bond donors (Lipinski definition) is 0. The van der Waals surface area contributed by atoms with Gasteiger partial charge in [0, 0.05) is 11.6 Å². The maximum absolute atomic E-state index is 12.9. The molecule has 4 nitrogen and oxygen atoms in total. The number of ether oxygens (including phenoxy) is 2. The van der Waals surface area contributed by atoms with Gasteiger partial charge in [0.25, 0.3) is 0 Å². The standard InChI is InChI=1S/C11H12FNO3/c1-3-16-10(14)5-4-8-6-9(12)7-13-11(8)15-2/h4-7H,3H2,1-2H3. The third kappa shape index (κ3) is 3.34. The van der Waals surface area contributed by atoms with Crippen LogP contribution in [0.5, 0.6) is 5.88 Å². The number of halogens is 1. The van der Waals surface area contributed by atoms with E-state index in [-0.39, 0.29) is 5.88 Å². The van der Waals surface area contributed by atoms with Crippen LogP contribution >= 0.6 is 0 Å². The third-order valence-corrected chi connectivity index (χ3v) is 1.72. The summed E-state index contributed by atoms with van der Waals surface area (Å²) >= 11 is 0. The molecule has 1 heterocycles. The summed E-state index contributed by atoms with van der Waals surface area (Å²) in [7, 11) is 1.42. The molecule has 0 atom stereocenters. The van der Waals surface area contributed by atoms with Crippen LogP contribution in [0.4, 0.5) is 4.39 Å². The van der Waals surface area contributed by atoms with Crippen LogP contribution in [-0.2, 0) is 9.53 Å². The van der Waals surface area contributed by atoms with Crippen molar-refractivity contribution in [1.29, 1.82) is 0 Å². The third-order valence-electron chi connectivity index (χ3n) is 1.72. The van der Waals surface area contributed by atoms with E-state index in [1.54, 1.807) is 6.92 Å². The lowest BCUT2D eigenvalue weighted by Crippen LogP contribution is -1.99. The van der Waals surface area contributed by atoms with Crippen molar-refractivity contribution in [3.05, 3.63) is 29.7 Å². The second-order valence-corrected chi connectivity index (χ2v) is 2.84.